The van der Waals surface area contributed by atoms with Gasteiger partial charge in [0.1, 0.15) is 4.75 Å². The van der Waals surface area contributed by atoms with Gasteiger partial charge in [-0.25, -0.2) is 0 Å². The minimum Gasteiger partial charge on any atom is -0.297 e. The molecule has 0 spiro atoms. The zero-order chi connectivity index (χ0) is 16.8. The number of hydrogen-bond donors (Lipinski definition) is 0. The summed E-state index contributed by atoms with van der Waals surface area (Å²) in [7, 11) is -4.63. The van der Waals surface area contributed by atoms with E-state index in [9.17, 15) is 12.3 Å². The second-order valence-electron chi connectivity index (χ2n) is 6.91. The number of rotatable bonds is 3. The summed E-state index contributed by atoms with van der Waals surface area (Å²) in [5.41, 5.74) is 3.28. The van der Waals surface area contributed by atoms with Crippen molar-refractivity contribution in [2.24, 2.45) is 0 Å². The van der Waals surface area contributed by atoms with Crippen molar-refractivity contribution in [3.8, 4) is 0 Å². The Kier molecular flexibility index (Phi) is 3.73. The first kappa shape index (κ1) is 15.8. The van der Waals surface area contributed by atoms with Crippen LogP contribution in [0.1, 0.15) is 29.0 Å². The summed E-state index contributed by atoms with van der Waals surface area (Å²) >= 11 is 0. The van der Waals surface area contributed by atoms with E-state index >= 15 is 0 Å². The van der Waals surface area contributed by atoms with Crippen molar-refractivity contribution in [1.29, 1.82) is 0 Å². The fourth-order valence-electron chi connectivity index (χ4n) is 4.39. The summed E-state index contributed by atoms with van der Waals surface area (Å²) in [6.07, 6.45) is 0.980. The number of benzene rings is 2. The Morgan fingerprint density at radius 1 is 1.08 bits per heavy atom. The van der Waals surface area contributed by atoms with Crippen LogP contribution in [0, 0.1) is 0 Å². The largest absolute Gasteiger partial charge is 0.310 e. The van der Waals surface area contributed by atoms with Crippen LogP contribution in [0.3, 0.4) is 0 Å². The number of nitrogens with zero attached hydrogens (tertiary/aromatic N) is 1. The zero-order valence-corrected chi connectivity index (χ0v) is 14.2. The van der Waals surface area contributed by atoms with E-state index in [0.29, 0.717) is 25.9 Å². The minimum absolute atomic E-state index is 0.264. The Bertz CT molecular complexity index is 853. The summed E-state index contributed by atoms with van der Waals surface area (Å²) < 4.78 is 37.3. The molecule has 24 heavy (non-hydrogen) atoms. The highest BCUT2D eigenvalue weighted by molar-refractivity contribution is 7.87. The SMILES string of the molecule is O=S(=O)(F)[C@@]12CCc3ccccc3[C@@H]1CN(Cc1ccccc1)C2. The van der Waals surface area contributed by atoms with E-state index in [1.807, 2.05) is 54.6 Å². The van der Waals surface area contributed by atoms with E-state index < -0.39 is 15.0 Å². The van der Waals surface area contributed by atoms with E-state index in [1.165, 1.54) is 0 Å². The minimum atomic E-state index is -4.63. The molecule has 5 heteroatoms. The van der Waals surface area contributed by atoms with Crippen LogP contribution in [-0.2, 0) is 23.2 Å². The maximum atomic E-state index is 14.4. The third-order valence-electron chi connectivity index (χ3n) is 5.55. The number of halogens is 1. The average molecular weight is 345 g/mol. The van der Waals surface area contributed by atoms with E-state index in [4.69, 9.17) is 0 Å². The van der Waals surface area contributed by atoms with Crippen molar-refractivity contribution in [2.75, 3.05) is 13.1 Å². The number of fused-ring (bicyclic) bond motifs is 3. The van der Waals surface area contributed by atoms with Gasteiger partial charge in [-0.05, 0) is 29.5 Å². The standard InChI is InChI=1S/C19H20FNO2S/c20-24(22,23)19-11-10-16-8-4-5-9-17(16)18(19)13-21(14-19)12-15-6-2-1-3-7-15/h1-9,18H,10-14H2/t18-,19+/m0/s1. The molecule has 2 aromatic carbocycles. The smallest absolute Gasteiger partial charge is 0.297 e. The first-order chi connectivity index (χ1) is 11.5. The van der Waals surface area contributed by atoms with Crippen molar-refractivity contribution in [1.82, 2.24) is 4.90 Å². The molecule has 0 saturated carbocycles. The molecule has 4 rings (SSSR count). The predicted octanol–water partition coefficient (Wildman–Crippen LogP) is 3.27. The Morgan fingerprint density at radius 3 is 2.54 bits per heavy atom. The van der Waals surface area contributed by atoms with E-state index in [1.54, 1.807) is 0 Å². The topological polar surface area (TPSA) is 37.4 Å². The third kappa shape index (κ3) is 2.47. The second-order valence-corrected chi connectivity index (χ2v) is 8.60. The molecule has 2 aromatic rings. The van der Waals surface area contributed by atoms with Gasteiger partial charge in [-0.2, -0.15) is 8.42 Å². The lowest BCUT2D eigenvalue weighted by Crippen LogP contribution is -2.46. The van der Waals surface area contributed by atoms with Crippen LogP contribution >= 0.6 is 0 Å². The van der Waals surface area contributed by atoms with Gasteiger partial charge in [0.05, 0.1) is 0 Å². The first-order valence-corrected chi connectivity index (χ1v) is 9.66. The molecule has 1 fully saturated rings. The maximum Gasteiger partial charge on any atom is 0.310 e. The van der Waals surface area contributed by atoms with Gasteiger partial charge in [-0.15, -0.1) is 3.89 Å². The van der Waals surface area contributed by atoms with Crippen molar-refractivity contribution < 1.29 is 12.3 Å². The Morgan fingerprint density at radius 2 is 1.79 bits per heavy atom. The van der Waals surface area contributed by atoms with Gasteiger partial charge >= 0.3 is 10.2 Å². The highest BCUT2D eigenvalue weighted by atomic mass is 32.3. The second kappa shape index (κ2) is 5.67. The molecule has 0 aromatic heterocycles. The highest BCUT2D eigenvalue weighted by Crippen LogP contribution is 2.49. The summed E-state index contributed by atoms with van der Waals surface area (Å²) in [6, 6.07) is 17.8. The molecule has 2 atom stereocenters. The van der Waals surface area contributed by atoms with Crippen LogP contribution in [0.25, 0.3) is 0 Å². The van der Waals surface area contributed by atoms with Crippen LogP contribution in [0.2, 0.25) is 0 Å². The molecule has 0 radical (unpaired) electrons. The van der Waals surface area contributed by atoms with Crippen molar-refractivity contribution in [2.45, 2.75) is 30.1 Å². The van der Waals surface area contributed by atoms with E-state index in [0.717, 1.165) is 16.7 Å². The van der Waals surface area contributed by atoms with Crippen molar-refractivity contribution in [3.05, 3.63) is 71.3 Å². The molecule has 3 nitrogen and oxygen atoms in total. The Labute approximate surface area is 142 Å². The van der Waals surface area contributed by atoms with E-state index in [2.05, 4.69) is 4.90 Å². The van der Waals surface area contributed by atoms with Gasteiger partial charge in [0.25, 0.3) is 0 Å². The van der Waals surface area contributed by atoms with Gasteiger partial charge in [0, 0.05) is 25.6 Å². The van der Waals surface area contributed by atoms with Crippen molar-refractivity contribution >= 4 is 10.2 Å². The van der Waals surface area contributed by atoms with Gasteiger partial charge < -0.3 is 0 Å². The Balaban J connectivity index is 1.72. The van der Waals surface area contributed by atoms with Gasteiger partial charge in [-0.1, -0.05) is 54.6 Å². The number of aryl methyl sites for hydroxylation is 1. The first-order valence-electron chi connectivity index (χ1n) is 8.28. The lowest BCUT2D eigenvalue weighted by atomic mass is 9.76. The number of likely N-dealkylation sites (tertiary alicyclic amines) is 1. The average Bonchev–Trinajstić information content (AvgIpc) is 2.95. The molecule has 0 N–H and O–H groups in total. The molecule has 0 bridgehead atoms. The fraction of sp³-hybridized carbons (Fsp3) is 0.368. The molecule has 0 unspecified atom stereocenters. The summed E-state index contributed by atoms with van der Waals surface area (Å²) in [6.45, 7) is 1.49. The van der Waals surface area contributed by atoms with Gasteiger partial charge in [-0.3, -0.25) is 4.90 Å². The van der Waals surface area contributed by atoms with Crippen LogP contribution in [0.4, 0.5) is 3.89 Å². The highest BCUT2D eigenvalue weighted by Gasteiger charge is 2.58. The summed E-state index contributed by atoms with van der Waals surface area (Å²) in [5, 5.41) is 0. The lowest BCUT2D eigenvalue weighted by molar-refractivity contribution is 0.315. The summed E-state index contributed by atoms with van der Waals surface area (Å²) in [4.78, 5) is 2.08. The molecule has 2 aliphatic rings. The van der Waals surface area contributed by atoms with Crippen LogP contribution < -0.4 is 0 Å². The number of hydrogen-bond acceptors (Lipinski definition) is 3. The van der Waals surface area contributed by atoms with Crippen LogP contribution in [0.5, 0.6) is 0 Å². The monoisotopic (exact) mass is 345 g/mol. The Hall–Kier alpha value is -1.72. The van der Waals surface area contributed by atoms with Crippen LogP contribution in [0.15, 0.2) is 54.6 Å². The quantitative estimate of drug-likeness (QED) is 0.801. The fourth-order valence-corrected chi connectivity index (χ4v) is 5.62. The zero-order valence-electron chi connectivity index (χ0n) is 13.4. The van der Waals surface area contributed by atoms with Crippen molar-refractivity contribution in [3.63, 3.8) is 0 Å². The molecular formula is C19H20FNO2S. The molecule has 0 amide bonds. The normalized spacial score (nSPS) is 26.8. The van der Waals surface area contributed by atoms with E-state index in [-0.39, 0.29) is 12.5 Å². The van der Waals surface area contributed by atoms with Gasteiger partial charge in [0.2, 0.25) is 0 Å². The molecule has 126 valence electrons. The van der Waals surface area contributed by atoms with Crippen LogP contribution in [-0.4, -0.2) is 31.2 Å². The molecule has 1 aliphatic carbocycles. The molecule has 1 heterocycles. The maximum absolute atomic E-state index is 14.4. The lowest BCUT2D eigenvalue weighted by Gasteiger charge is -2.36. The molecular weight excluding hydrogens is 325 g/mol. The summed E-state index contributed by atoms with van der Waals surface area (Å²) in [5.74, 6) is -0.291. The van der Waals surface area contributed by atoms with Gasteiger partial charge in [0.15, 0.2) is 0 Å². The third-order valence-corrected chi connectivity index (χ3v) is 7.14. The predicted molar refractivity (Wildman–Crippen MR) is 92.0 cm³/mol. The molecule has 1 aliphatic heterocycles. The molecule has 1 saturated heterocycles.